The lowest BCUT2D eigenvalue weighted by atomic mass is 10.1. The van der Waals surface area contributed by atoms with Gasteiger partial charge in [0.1, 0.15) is 0 Å². The van der Waals surface area contributed by atoms with Crippen molar-refractivity contribution in [3.05, 3.63) is 70.8 Å². The van der Waals surface area contributed by atoms with Crippen LogP contribution < -0.4 is 16.1 Å². The van der Waals surface area contributed by atoms with E-state index >= 15 is 0 Å². The van der Waals surface area contributed by atoms with Crippen LogP contribution in [0.1, 0.15) is 47.8 Å². The first-order valence-electron chi connectivity index (χ1n) is 10.4. The van der Waals surface area contributed by atoms with Crippen molar-refractivity contribution in [1.29, 1.82) is 0 Å². The Balaban J connectivity index is 2.08. The van der Waals surface area contributed by atoms with E-state index in [0.29, 0.717) is 5.56 Å². The molecule has 2 aromatic carbocycles. The summed E-state index contributed by atoms with van der Waals surface area (Å²) in [5.41, 5.74) is 4.50. The second-order valence-electron chi connectivity index (χ2n) is 8.54. The number of carbonyl (C=O) groups excluding carboxylic acids is 3. The van der Waals surface area contributed by atoms with Crippen LogP contribution in [0.15, 0.2) is 48.5 Å². The van der Waals surface area contributed by atoms with Gasteiger partial charge in [0.05, 0.1) is 0 Å². The number of likely N-dealkylation sites (N-methyl/N-ethyl adjacent to an activating group) is 2. The average molecular weight is 451 g/mol. The molecule has 33 heavy (non-hydrogen) atoms. The van der Waals surface area contributed by atoms with E-state index in [2.05, 4.69) is 43.2 Å². The van der Waals surface area contributed by atoms with Crippen LogP contribution in [-0.4, -0.2) is 53.5 Å². The summed E-state index contributed by atoms with van der Waals surface area (Å²) in [5.74, 6) is 3.88. The zero-order valence-corrected chi connectivity index (χ0v) is 19.5. The van der Waals surface area contributed by atoms with Gasteiger partial charge in [-0.3, -0.25) is 19.6 Å². The Labute approximate surface area is 194 Å². The number of hydrogen-bond donors (Lipinski definition) is 4. The van der Waals surface area contributed by atoms with E-state index in [0.717, 1.165) is 17.0 Å². The van der Waals surface area contributed by atoms with Gasteiger partial charge in [0.25, 0.3) is 17.7 Å². The van der Waals surface area contributed by atoms with Gasteiger partial charge in [-0.2, -0.15) is 0 Å². The van der Waals surface area contributed by atoms with E-state index < -0.39 is 23.8 Å². The monoisotopic (exact) mass is 450 g/mol. The lowest BCUT2D eigenvalue weighted by Gasteiger charge is -2.25. The molecule has 1 atom stereocenters. The lowest BCUT2D eigenvalue weighted by molar-refractivity contribution is -0.140. The summed E-state index contributed by atoms with van der Waals surface area (Å²) in [6.45, 7) is 7.14. The van der Waals surface area contributed by atoms with Crippen LogP contribution in [0.3, 0.4) is 0 Å². The Kier molecular flexibility index (Phi) is 8.74. The summed E-state index contributed by atoms with van der Waals surface area (Å²) >= 11 is 0. The van der Waals surface area contributed by atoms with Gasteiger partial charge in [-0.05, 0) is 62.7 Å². The van der Waals surface area contributed by atoms with Crippen LogP contribution in [0.25, 0.3) is 0 Å². The maximum atomic E-state index is 12.7. The third-order valence-electron chi connectivity index (χ3n) is 4.82. The fraction of sp³-hybridized carbons (Fsp3) is 0.320. The lowest BCUT2D eigenvalue weighted by Crippen LogP contribution is -2.54. The molecule has 1 unspecified atom stereocenters. The van der Waals surface area contributed by atoms with Crippen molar-refractivity contribution in [2.45, 2.75) is 38.9 Å². The Morgan fingerprint density at radius 2 is 1.45 bits per heavy atom. The standard InChI is InChI=1S/C25H30N4O4/c1-25(2,3)27-16-19-10-8-17(9-11-19)6-7-18-12-14-20(15-13-18)24(32)29(5)21(22(30)26-4)23(31)28-33/h8-15,21,27,33H,16H2,1-5H3,(H,26,30)(H,28,31). The second-order valence-corrected chi connectivity index (χ2v) is 8.54. The second kappa shape index (κ2) is 11.3. The SMILES string of the molecule is CNC(=O)C(C(=O)NO)N(C)C(=O)c1ccc(C#Cc2ccc(CNC(C)(C)C)cc2)cc1. The molecule has 0 aliphatic rings. The number of amides is 3. The number of nitrogens with one attached hydrogen (secondary N) is 3. The maximum Gasteiger partial charge on any atom is 0.275 e. The average Bonchev–Trinajstić information content (AvgIpc) is 2.81. The highest BCUT2D eigenvalue weighted by molar-refractivity contribution is 6.08. The van der Waals surface area contributed by atoms with Gasteiger partial charge in [0.15, 0.2) is 6.04 Å². The Morgan fingerprint density at radius 3 is 1.91 bits per heavy atom. The van der Waals surface area contributed by atoms with Crippen LogP contribution in [-0.2, 0) is 16.1 Å². The fourth-order valence-corrected chi connectivity index (χ4v) is 2.90. The third-order valence-corrected chi connectivity index (χ3v) is 4.82. The molecule has 4 N–H and O–H groups in total. The van der Waals surface area contributed by atoms with E-state index in [1.54, 1.807) is 24.3 Å². The van der Waals surface area contributed by atoms with E-state index in [1.165, 1.54) is 25.1 Å². The molecule has 0 bridgehead atoms. The summed E-state index contributed by atoms with van der Waals surface area (Å²) in [6.07, 6.45) is 0. The van der Waals surface area contributed by atoms with Gasteiger partial charge >= 0.3 is 0 Å². The van der Waals surface area contributed by atoms with Gasteiger partial charge < -0.3 is 15.5 Å². The Hall–Kier alpha value is -3.67. The Bertz CT molecular complexity index is 1030. The van der Waals surface area contributed by atoms with Crippen molar-refractivity contribution >= 4 is 17.7 Å². The molecule has 0 spiro atoms. The van der Waals surface area contributed by atoms with Crippen molar-refractivity contribution in [2.75, 3.05) is 14.1 Å². The number of nitrogens with zero attached hydrogens (tertiary/aromatic N) is 1. The van der Waals surface area contributed by atoms with Crippen LogP contribution in [0, 0.1) is 11.8 Å². The number of carbonyl (C=O) groups is 3. The van der Waals surface area contributed by atoms with Crippen LogP contribution >= 0.6 is 0 Å². The molecule has 174 valence electrons. The van der Waals surface area contributed by atoms with Crippen molar-refractivity contribution in [2.24, 2.45) is 0 Å². The highest BCUT2D eigenvalue weighted by Gasteiger charge is 2.33. The topological polar surface area (TPSA) is 111 Å². The molecule has 0 radical (unpaired) electrons. The molecule has 0 fully saturated rings. The largest absolute Gasteiger partial charge is 0.357 e. The summed E-state index contributed by atoms with van der Waals surface area (Å²) < 4.78 is 0. The molecule has 0 heterocycles. The van der Waals surface area contributed by atoms with Crippen molar-refractivity contribution in [3.8, 4) is 11.8 Å². The maximum absolute atomic E-state index is 12.7. The van der Waals surface area contributed by atoms with E-state index in [9.17, 15) is 14.4 Å². The molecule has 0 saturated heterocycles. The molecule has 0 saturated carbocycles. The number of hydrogen-bond acceptors (Lipinski definition) is 5. The van der Waals surface area contributed by atoms with Gasteiger partial charge in [-0.15, -0.1) is 0 Å². The summed E-state index contributed by atoms with van der Waals surface area (Å²) in [6, 6.07) is 13.0. The fourth-order valence-electron chi connectivity index (χ4n) is 2.90. The van der Waals surface area contributed by atoms with E-state index in [4.69, 9.17) is 5.21 Å². The van der Waals surface area contributed by atoms with Crippen LogP contribution in [0.4, 0.5) is 0 Å². The zero-order chi connectivity index (χ0) is 24.6. The minimum Gasteiger partial charge on any atom is -0.357 e. The van der Waals surface area contributed by atoms with Gasteiger partial charge in [-0.25, -0.2) is 5.48 Å². The zero-order valence-electron chi connectivity index (χ0n) is 19.5. The van der Waals surface area contributed by atoms with Crippen molar-refractivity contribution < 1.29 is 19.6 Å². The summed E-state index contributed by atoms with van der Waals surface area (Å²) in [5, 5.41) is 14.6. The molecule has 2 rings (SSSR count). The first-order chi connectivity index (χ1) is 15.6. The van der Waals surface area contributed by atoms with Gasteiger partial charge in [0.2, 0.25) is 0 Å². The molecule has 0 aliphatic heterocycles. The highest BCUT2D eigenvalue weighted by atomic mass is 16.5. The van der Waals surface area contributed by atoms with Crippen LogP contribution in [0.2, 0.25) is 0 Å². The molecule has 0 aromatic heterocycles. The van der Waals surface area contributed by atoms with E-state index in [-0.39, 0.29) is 11.1 Å². The minimum atomic E-state index is -1.51. The predicted octanol–water partition coefficient (Wildman–Crippen LogP) is 1.67. The predicted molar refractivity (Wildman–Crippen MR) is 125 cm³/mol. The number of benzene rings is 2. The highest BCUT2D eigenvalue weighted by Crippen LogP contribution is 2.10. The molecular formula is C25H30N4O4. The molecule has 2 aromatic rings. The molecular weight excluding hydrogens is 420 g/mol. The first-order valence-corrected chi connectivity index (χ1v) is 10.4. The summed E-state index contributed by atoms with van der Waals surface area (Å²) in [7, 11) is 2.65. The smallest absolute Gasteiger partial charge is 0.275 e. The van der Waals surface area contributed by atoms with Crippen LogP contribution in [0.5, 0.6) is 0 Å². The van der Waals surface area contributed by atoms with Gasteiger partial charge in [-0.1, -0.05) is 24.0 Å². The Morgan fingerprint density at radius 1 is 0.939 bits per heavy atom. The first kappa shape index (κ1) is 25.6. The van der Waals surface area contributed by atoms with Gasteiger partial charge in [0, 0.05) is 42.9 Å². The molecule has 8 heteroatoms. The normalized spacial score (nSPS) is 11.6. The quantitative estimate of drug-likeness (QED) is 0.232. The molecule has 8 nitrogen and oxygen atoms in total. The third kappa shape index (κ3) is 7.45. The van der Waals surface area contributed by atoms with E-state index in [1.807, 2.05) is 24.3 Å². The molecule has 3 amide bonds. The molecule has 0 aliphatic carbocycles. The number of hydroxylamine groups is 1. The van der Waals surface area contributed by atoms with Crippen molar-refractivity contribution in [3.63, 3.8) is 0 Å². The van der Waals surface area contributed by atoms with Crippen molar-refractivity contribution in [1.82, 2.24) is 21.0 Å². The summed E-state index contributed by atoms with van der Waals surface area (Å²) in [4.78, 5) is 37.5. The minimum absolute atomic E-state index is 0.0510. The number of rotatable bonds is 6.